The lowest BCUT2D eigenvalue weighted by atomic mass is 9.47. The molecule has 4 aliphatic carbocycles. The summed E-state index contributed by atoms with van der Waals surface area (Å²) in [5.74, 6) is 2.08. The van der Waals surface area contributed by atoms with Gasteiger partial charge in [0.2, 0.25) is 0 Å². The molecule has 7 rings (SSSR count). The molecule has 4 fully saturated rings. The molecule has 0 atom stereocenters. The molecule has 164 valence electrons. The van der Waals surface area contributed by atoms with Gasteiger partial charge in [-0.2, -0.15) is 0 Å². The molecule has 3 nitrogen and oxygen atoms in total. The summed E-state index contributed by atoms with van der Waals surface area (Å²) in [4.78, 5) is 11.3. The number of carboxylic acids is 1. The molecule has 0 amide bonds. The highest BCUT2D eigenvalue weighted by atomic mass is 16.4. The molecular weight excluding hydrogens is 396 g/mol. The molecule has 3 aromatic carbocycles. The third-order valence-electron chi connectivity index (χ3n) is 8.61. The summed E-state index contributed by atoms with van der Waals surface area (Å²) in [6.07, 6.45) is 8.78. The number of carboxylic acid groups (broad SMARTS) is 1. The summed E-state index contributed by atoms with van der Waals surface area (Å²) < 4.78 is 0. The largest absolute Gasteiger partial charge is 0.508 e. The van der Waals surface area contributed by atoms with Gasteiger partial charge in [-0.25, -0.2) is 4.79 Å². The quantitative estimate of drug-likeness (QED) is 0.475. The maximum absolute atomic E-state index is 11.3. The van der Waals surface area contributed by atoms with Crippen LogP contribution in [0.3, 0.4) is 0 Å². The monoisotopic (exact) mass is 426 g/mol. The molecular formula is C29H30O3. The van der Waals surface area contributed by atoms with Gasteiger partial charge < -0.3 is 10.2 Å². The van der Waals surface area contributed by atoms with Crippen LogP contribution in [0.4, 0.5) is 0 Å². The smallest absolute Gasteiger partial charge is 0.335 e. The lowest BCUT2D eigenvalue weighted by molar-refractivity contribution is -0.00649. The van der Waals surface area contributed by atoms with Gasteiger partial charge in [0.25, 0.3) is 0 Å². The van der Waals surface area contributed by atoms with Crippen molar-refractivity contribution in [2.75, 3.05) is 0 Å². The van der Waals surface area contributed by atoms with E-state index in [1.54, 1.807) is 12.1 Å². The van der Waals surface area contributed by atoms with E-state index in [2.05, 4.69) is 25.1 Å². The first-order valence-corrected chi connectivity index (χ1v) is 12.1. The fourth-order valence-corrected chi connectivity index (χ4v) is 7.83. The third kappa shape index (κ3) is 2.97. The Kier molecular flexibility index (Phi) is 4.40. The van der Waals surface area contributed by atoms with Crippen molar-refractivity contribution in [2.24, 2.45) is 17.8 Å². The Balaban J connectivity index is 1.48. The Hall–Kier alpha value is -2.81. The van der Waals surface area contributed by atoms with Gasteiger partial charge in [0.05, 0.1) is 5.56 Å². The van der Waals surface area contributed by atoms with Crippen LogP contribution in [0.15, 0.2) is 48.5 Å². The second-order valence-electron chi connectivity index (χ2n) is 10.6. The van der Waals surface area contributed by atoms with Gasteiger partial charge in [-0.3, -0.25) is 0 Å². The van der Waals surface area contributed by atoms with E-state index >= 15 is 0 Å². The van der Waals surface area contributed by atoms with Crippen molar-refractivity contribution >= 4 is 16.7 Å². The molecule has 0 aliphatic heterocycles. The second kappa shape index (κ2) is 7.10. The van der Waals surface area contributed by atoms with E-state index in [-0.39, 0.29) is 5.41 Å². The SMILES string of the molecule is CCc1c(-c2ccc3cc(C(=O)O)ccc3c2)ccc(O)c1C12CC3CC(CC(C3)C1)C2. The Bertz CT molecular complexity index is 1200. The first kappa shape index (κ1) is 19.8. The average Bonchev–Trinajstić information content (AvgIpc) is 2.77. The molecule has 32 heavy (non-hydrogen) atoms. The van der Waals surface area contributed by atoms with Crippen molar-refractivity contribution < 1.29 is 15.0 Å². The summed E-state index contributed by atoms with van der Waals surface area (Å²) in [6.45, 7) is 2.21. The Morgan fingerprint density at radius 1 is 0.906 bits per heavy atom. The molecule has 0 saturated heterocycles. The van der Waals surface area contributed by atoms with Gasteiger partial charge in [-0.05, 0) is 114 Å². The topological polar surface area (TPSA) is 57.5 Å². The number of phenolic OH excluding ortho intramolecular Hbond substituents is 1. The molecule has 2 N–H and O–H groups in total. The van der Waals surface area contributed by atoms with Gasteiger partial charge >= 0.3 is 5.97 Å². The fourth-order valence-electron chi connectivity index (χ4n) is 7.83. The number of rotatable bonds is 4. The molecule has 0 unspecified atom stereocenters. The van der Waals surface area contributed by atoms with Crippen molar-refractivity contribution in [1.82, 2.24) is 0 Å². The van der Waals surface area contributed by atoms with Gasteiger partial charge in [-0.15, -0.1) is 0 Å². The lowest BCUT2D eigenvalue weighted by Gasteiger charge is -2.57. The Morgan fingerprint density at radius 2 is 1.53 bits per heavy atom. The maximum Gasteiger partial charge on any atom is 0.335 e. The highest BCUT2D eigenvalue weighted by Gasteiger charge is 2.53. The van der Waals surface area contributed by atoms with Crippen LogP contribution in [-0.4, -0.2) is 16.2 Å². The molecule has 4 aliphatic rings. The van der Waals surface area contributed by atoms with Gasteiger partial charge in [0, 0.05) is 11.0 Å². The predicted molar refractivity (Wildman–Crippen MR) is 127 cm³/mol. The number of aromatic carboxylic acids is 1. The maximum atomic E-state index is 11.3. The number of phenols is 1. The zero-order chi connectivity index (χ0) is 22.0. The highest BCUT2D eigenvalue weighted by molar-refractivity contribution is 5.96. The fraction of sp³-hybridized carbons (Fsp3) is 0.414. The first-order valence-electron chi connectivity index (χ1n) is 12.1. The van der Waals surface area contributed by atoms with Crippen molar-refractivity contribution in [3.05, 3.63) is 65.2 Å². The number of benzene rings is 3. The summed E-state index contributed by atoms with van der Waals surface area (Å²) in [5.41, 5.74) is 5.34. The number of hydrogen-bond donors (Lipinski definition) is 2. The minimum absolute atomic E-state index is 0.146. The summed E-state index contributed by atoms with van der Waals surface area (Å²) in [7, 11) is 0. The van der Waals surface area contributed by atoms with Crippen molar-refractivity contribution in [3.8, 4) is 16.9 Å². The minimum Gasteiger partial charge on any atom is -0.508 e. The summed E-state index contributed by atoms with van der Waals surface area (Å²) >= 11 is 0. The van der Waals surface area contributed by atoms with E-state index in [1.165, 1.54) is 55.2 Å². The molecule has 0 heterocycles. The zero-order valence-electron chi connectivity index (χ0n) is 18.6. The van der Waals surface area contributed by atoms with E-state index in [0.29, 0.717) is 11.3 Å². The third-order valence-corrected chi connectivity index (χ3v) is 8.61. The highest BCUT2D eigenvalue weighted by Crippen LogP contribution is 2.62. The van der Waals surface area contributed by atoms with Crippen LogP contribution in [0, 0.1) is 17.8 Å². The van der Waals surface area contributed by atoms with Crippen LogP contribution in [0.25, 0.3) is 21.9 Å². The number of aromatic hydroxyl groups is 1. The van der Waals surface area contributed by atoms with Crippen molar-refractivity contribution in [1.29, 1.82) is 0 Å². The minimum atomic E-state index is -0.900. The molecule has 3 heteroatoms. The van der Waals surface area contributed by atoms with Crippen LogP contribution >= 0.6 is 0 Å². The van der Waals surface area contributed by atoms with Gasteiger partial charge in [-0.1, -0.05) is 31.2 Å². The Morgan fingerprint density at radius 3 is 2.16 bits per heavy atom. The van der Waals surface area contributed by atoms with E-state index in [4.69, 9.17) is 0 Å². The van der Waals surface area contributed by atoms with E-state index in [9.17, 15) is 15.0 Å². The van der Waals surface area contributed by atoms with E-state index in [1.807, 2.05) is 18.2 Å². The van der Waals surface area contributed by atoms with Crippen molar-refractivity contribution in [3.63, 3.8) is 0 Å². The van der Waals surface area contributed by atoms with Crippen LogP contribution in [0.5, 0.6) is 5.75 Å². The summed E-state index contributed by atoms with van der Waals surface area (Å²) in [6, 6.07) is 15.6. The van der Waals surface area contributed by atoms with Crippen LogP contribution in [0.1, 0.15) is 66.9 Å². The molecule has 0 aromatic heterocycles. The van der Waals surface area contributed by atoms with Gasteiger partial charge in [0.15, 0.2) is 0 Å². The molecule has 0 spiro atoms. The molecule has 4 saturated carbocycles. The second-order valence-corrected chi connectivity index (χ2v) is 10.6. The molecule has 0 radical (unpaired) electrons. The number of hydrogen-bond acceptors (Lipinski definition) is 2. The van der Waals surface area contributed by atoms with E-state index < -0.39 is 5.97 Å². The van der Waals surface area contributed by atoms with Crippen LogP contribution in [-0.2, 0) is 11.8 Å². The Labute approximate surface area is 189 Å². The van der Waals surface area contributed by atoms with E-state index in [0.717, 1.165) is 40.5 Å². The van der Waals surface area contributed by atoms with Crippen LogP contribution in [0.2, 0.25) is 0 Å². The predicted octanol–water partition coefficient (Wildman–Crippen LogP) is 6.94. The zero-order valence-corrected chi connectivity index (χ0v) is 18.6. The number of carbonyl (C=O) groups is 1. The first-order chi connectivity index (χ1) is 15.5. The normalized spacial score (nSPS) is 28.3. The summed E-state index contributed by atoms with van der Waals surface area (Å²) in [5, 5.41) is 22.4. The standard InChI is InChI=1S/C29H30O3/c1-2-24-25(22-5-3-21-13-23(28(31)32)6-4-20(21)12-22)7-8-26(30)27(24)29-14-17-9-18(15-29)11-19(10-17)16-29/h3-8,12-13,17-19,30H,2,9-11,14-16H2,1H3,(H,31,32). The molecule has 3 aromatic rings. The van der Waals surface area contributed by atoms with Crippen LogP contribution < -0.4 is 0 Å². The lowest BCUT2D eigenvalue weighted by Crippen LogP contribution is -2.49. The number of fused-ring (bicyclic) bond motifs is 1. The average molecular weight is 427 g/mol. The van der Waals surface area contributed by atoms with Gasteiger partial charge in [0.1, 0.15) is 5.75 Å². The van der Waals surface area contributed by atoms with Crippen molar-refractivity contribution in [2.45, 2.75) is 57.3 Å². The molecule has 4 bridgehead atoms.